The molecule has 0 spiro atoms. The number of benzene rings is 1. The van der Waals surface area contributed by atoms with Crippen LogP contribution < -0.4 is 5.32 Å². The lowest BCUT2D eigenvalue weighted by Gasteiger charge is -2.09. The smallest absolute Gasteiger partial charge is 0.232 e. The summed E-state index contributed by atoms with van der Waals surface area (Å²) in [7, 11) is 0. The third-order valence-corrected chi connectivity index (χ3v) is 4.64. The molecule has 1 aliphatic heterocycles. The summed E-state index contributed by atoms with van der Waals surface area (Å²) >= 11 is 12.2. The molecule has 1 amide bonds. The summed E-state index contributed by atoms with van der Waals surface area (Å²) in [5.41, 5.74) is 1.71. The summed E-state index contributed by atoms with van der Waals surface area (Å²) in [6, 6.07) is 3.55. The zero-order chi connectivity index (χ0) is 15.2. The van der Waals surface area contributed by atoms with Crippen LogP contribution in [0.1, 0.15) is 69.8 Å². The predicted octanol–water partition coefficient (Wildman–Crippen LogP) is 6.17. The van der Waals surface area contributed by atoms with Gasteiger partial charge in [-0.3, -0.25) is 4.79 Å². The zero-order valence-electron chi connectivity index (χ0n) is 12.6. The largest absolute Gasteiger partial charge is 0.324 e. The van der Waals surface area contributed by atoms with Crippen LogP contribution in [0.2, 0.25) is 10.0 Å². The number of anilines is 1. The molecule has 1 N–H and O–H groups in total. The molecule has 0 fully saturated rings. The van der Waals surface area contributed by atoms with Crippen molar-refractivity contribution in [2.45, 2.75) is 64.2 Å². The van der Waals surface area contributed by atoms with Crippen LogP contribution in [0.15, 0.2) is 12.1 Å². The number of hydrogen-bond donors (Lipinski definition) is 1. The monoisotopic (exact) mass is 327 g/mol. The Labute approximate surface area is 137 Å². The number of carbonyl (C=O) groups is 1. The van der Waals surface area contributed by atoms with Gasteiger partial charge in [0.2, 0.25) is 5.91 Å². The molecule has 1 unspecified atom stereocenters. The average Bonchev–Trinajstić information content (AvgIpc) is 2.75. The van der Waals surface area contributed by atoms with Gasteiger partial charge in [-0.2, -0.15) is 0 Å². The highest BCUT2D eigenvalue weighted by Gasteiger charge is 2.31. The minimum Gasteiger partial charge on any atom is -0.324 e. The minimum atomic E-state index is -0.0909. The van der Waals surface area contributed by atoms with Gasteiger partial charge in [-0.15, -0.1) is 0 Å². The molecular formula is C17H23Cl2NO. The van der Waals surface area contributed by atoms with E-state index in [1.54, 1.807) is 6.07 Å². The van der Waals surface area contributed by atoms with Gasteiger partial charge in [-0.05, 0) is 24.1 Å². The van der Waals surface area contributed by atoms with E-state index < -0.39 is 0 Å². The molecular weight excluding hydrogens is 305 g/mol. The number of amides is 1. The molecule has 0 saturated heterocycles. The zero-order valence-corrected chi connectivity index (χ0v) is 14.1. The van der Waals surface area contributed by atoms with E-state index >= 15 is 0 Å². The summed E-state index contributed by atoms with van der Waals surface area (Å²) in [5.74, 6) is -0.0352. The molecule has 0 aliphatic carbocycles. The highest BCUT2D eigenvalue weighted by molar-refractivity contribution is 6.37. The van der Waals surface area contributed by atoms with Gasteiger partial charge in [0, 0.05) is 5.02 Å². The molecule has 116 valence electrons. The number of fused-ring (bicyclic) bond motifs is 1. The molecule has 1 heterocycles. The first-order valence-electron chi connectivity index (χ1n) is 7.93. The first kappa shape index (κ1) is 16.6. The van der Waals surface area contributed by atoms with E-state index in [4.69, 9.17) is 23.2 Å². The van der Waals surface area contributed by atoms with Crippen LogP contribution in [0, 0.1) is 0 Å². The summed E-state index contributed by atoms with van der Waals surface area (Å²) in [6.45, 7) is 2.23. The molecule has 0 saturated carbocycles. The molecule has 4 heteroatoms. The highest BCUT2D eigenvalue weighted by atomic mass is 35.5. The van der Waals surface area contributed by atoms with Gasteiger partial charge in [0.05, 0.1) is 16.6 Å². The number of nitrogens with one attached hydrogen (secondary N) is 1. The fraction of sp³-hybridized carbons (Fsp3) is 0.588. The normalized spacial score (nSPS) is 16.9. The second-order valence-electron chi connectivity index (χ2n) is 5.80. The minimum absolute atomic E-state index is 0.0557. The summed E-state index contributed by atoms with van der Waals surface area (Å²) in [4.78, 5) is 12.1. The lowest BCUT2D eigenvalue weighted by atomic mass is 9.94. The molecule has 1 atom stereocenters. The summed E-state index contributed by atoms with van der Waals surface area (Å²) < 4.78 is 0. The van der Waals surface area contributed by atoms with E-state index in [0.717, 1.165) is 24.1 Å². The van der Waals surface area contributed by atoms with E-state index in [2.05, 4.69) is 12.2 Å². The number of unbranched alkanes of at least 4 members (excludes halogenated alkanes) is 6. The lowest BCUT2D eigenvalue weighted by Crippen LogP contribution is -2.11. The Morgan fingerprint density at radius 3 is 2.43 bits per heavy atom. The Morgan fingerprint density at radius 1 is 1.05 bits per heavy atom. The average molecular weight is 328 g/mol. The first-order valence-corrected chi connectivity index (χ1v) is 8.69. The Hall–Kier alpha value is -0.730. The first-order chi connectivity index (χ1) is 10.1. The summed E-state index contributed by atoms with van der Waals surface area (Å²) in [5, 5.41) is 4.01. The number of rotatable bonds is 8. The Morgan fingerprint density at radius 2 is 1.71 bits per heavy atom. The standard InChI is InChI=1S/C17H23Cl2NO/c1-2-3-4-5-6-7-8-9-13-14-10-12(18)11-15(19)16(14)20-17(13)21/h10-11,13H,2-9H2,1H3,(H,20,21). The van der Waals surface area contributed by atoms with Crippen LogP contribution in [0.4, 0.5) is 5.69 Å². The molecule has 2 nitrogen and oxygen atoms in total. The van der Waals surface area contributed by atoms with Crippen LogP contribution in [-0.4, -0.2) is 5.91 Å². The van der Waals surface area contributed by atoms with Gasteiger partial charge in [0.15, 0.2) is 0 Å². The van der Waals surface area contributed by atoms with Gasteiger partial charge in [0.25, 0.3) is 0 Å². The van der Waals surface area contributed by atoms with E-state index in [1.807, 2.05) is 6.07 Å². The van der Waals surface area contributed by atoms with Crippen molar-refractivity contribution in [3.8, 4) is 0 Å². The van der Waals surface area contributed by atoms with Crippen molar-refractivity contribution >= 4 is 34.8 Å². The fourth-order valence-corrected chi connectivity index (χ4v) is 3.50. The van der Waals surface area contributed by atoms with Crippen molar-refractivity contribution in [2.24, 2.45) is 0 Å². The molecule has 1 aliphatic rings. The summed E-state index contributed by atoms with van der Waals surface area (Å²) in [6.07, 6.45) is 9.65. The number of hydrogen-bond acceptors (Lipinski definition) is 1. The SMILES string of the molecule is CCCCCCCCCC1C(=O)Nc2c(Cl)cc(Cl)cc21. The van der Waals surface area contributed by atoms with Gasteiger partial charge in [-0.1, -0.05) is 75.1 Å². The maximum absolute atomic E-state index is 12.1. The fourth-order valence-electron chi connectivity index (χ4n) is 2.94. The van der Waals surface area contributed by atoms with Gasteiger partial charge in [0.1, 0.15) is 0 Å². The molecule has 0 bridgehead atoms. The van der Waals surface area contributed by atoms with Crippen LogP contribution in [0.25, 0.3) is 0 Å². The van der Waals surface area contributed by atoms with Crippen LogP contribution in [-0.2, 0) is 4.79 Å². The predicted molar refractivity (Wildman–Crippen MR) is 90.4 cm³/mol. The van der Waals surface area contributed by atoms with E-state index in [0.29, 0.717) is 10.0 Å². The second kappa shape index (κ2) is 8.05. The molecule has 0 aromatic heterocycles. The van der Waals surface area contributed by atoms with Crippen molar-refractivity contribution < 1.29 is 4.79 Å². The molecule has 1 aromatic rings. The third kappa shape index (κ3) is 4.37. The van der Waals surface area contributed by atoms with E-state index in [9.17, 15) is 4.79 Å². The topological polar surface area (TPSA) is 29.1 Å². The van der Waals surface area contributed by atoms with E-state index in [-0.39, 0.29) is 11.8 Å². The van der Waals surface area contributed by atoms with Crippen molar-refractivity contribution in [2.75, 3.05) is 5.32 Å². The van der Waals surface area contributed by atoms with Crippen molar-refractivity contribution in [1.82, 2.24) is 0 Å². The number of carbonyl (C=O) groups excluding carboxylic acids is 1. The maximum atomic E-state index is 12.1. The van der Waals surface area contributed by atoms with Crippen LogP contribution in [0.3, 0.4) is 0 Å². The Balaban J connectivity index is 1.84. The molecule has 21 heavy (non-hydrogen) atoms. The van der Waals surface area contributed by atoms with Gasteiger partial charge in [-0.25, -0.2) is 0 Å². The lowest BCUT2D eigenvalue weighted by molar-refractivity contribution is -0.117. The Kier molecular flexibility index (Phi) is 6.38. The van der Waals surface area contributed by atoms with Crippen LogP contribution in [0.5, 0.6) is 0 Å². The molecule has 0 radical (unpaired) electrons. The van der Waals surface area contributed by atoms with E-state index in [1.165, 1.54) is 38.5 Å². The quantitative estimate of drug-likeness (QED) is 0.568. The molecule has 1 aromatic carbocycles. The third-order valence-electron chi connectivity index (χ3n) is 4.12. The second-order valence-corrected chi connectivity index (χ2v) is 6.65. The van der Waals surface area contributed by atoms with Crippen molar-refractivity contribution in [3.63, 3.8) is 0 Å². The molecule has 2 rings (SSSR count). The van der Waals surface area contributed by atoms with Crippen LogP contribution >= 0.6 is 23.2 Å². The van der Waals surface area contributed by atoms with Crippen molar-refractivity contribution in [3.05, 3.63) is 27.7 Å². The Bertz CT molecular complexity index is 502. The number of halogens is 2. The maximum Gasteiger partial charge on any atom is 0.232 e. The highest BCUT2D eigenvalue weighted by Crippen LogP contribution is 2.41. The van der Waals surface area contributed by atoms with Gasteiger partial charge < -0.3 is 5.32 Å². The van der Waals surface area contributed by atoms with Crippen molar-refractivity contribution in [1.29, 1.82) is 0 Å². The van der Waals surface area contributed by atoms with Gasteiger partial charge >= 0.3 is 0 Å².